The summed E-state index contributed by atoms with van der Waals surface area (Å²) in [5, 5.41) is 4.07. The van der Waals surface area contributed by atoms with Gasteiger partial charge in [0.15, 0.2) is 0 Å². The predicted octanol–water partition coefficient (Wildman–Crippen LogP) is 4.90. The van der Waals surface area contributed by atoms with Crippen molar-refractivity contribution < 1.29 is 9.53 Å². The number of aromatic nitrogens is 1. The van der Waals surface area contributed by atoms with Gasteiger partial charge in [-0.1, -0.05) is 6.92 Å². The molecule has 1 aliphatic rings. The number of hydrogen-bond acceptors (Lipinski definition) is 3. The highest BCUT2D eigenvalue weighted by Crippen LogP contribution is 2.28. The van der Waals surface area contributed by atoms with Gasteiger partial charge in [-0.3, -0.25) is 4.79 Å². The molecule has 1 saturated heterocycles. The Labute approximate surface area is 172 Å². The van der Waals surface area contributed by atoms with Crippen LogP contribution >= 0.6 is 0 Å². The van der Waals surface area contributed by atoms with E-state index in [0.29, 0.717) is 6.42 Å². The number of fused-ring (bicyclic) bond motifs is 1. The van der Waals surface area contributed by atoms with E-state index in [1.807, 2.05) is 37.3 Å². The first-order valence-electron chi connectivity index (χ1n) is 10.3. The zero-order valence-corrected chi connectivity index (χ0v) is 17.4. The maximum Gasteiger partial charge on any atom is 0.228 e. The average Bonchev–Trinajstić information content (AvgIpc) is 3.03. The minimum atomic E-state index is -0.0173. The Balaban J connectivity index is 1.43. The summed E-state index contributed by atoms with van der Waals surface area (Å²) in [4.78, 5) is 18.5. The number of hydrogen-bond donors (Lipinski definition) is 2. The van der Waals surface area contributed by atoms with Gasteiger partial charge in [0.05, 0.1) is 13.5 Å². The van der Waals surface area contributed by atoms with Gasteiger partial charge in [-0.25, -0.2) is 0 Å². The Morgan fingerprint density at radius 1 is 1.17 bits per heavy atom. The van der Waals surface area contributed by atoms with Crippen LogP contribution in [0.5, 0.6) is 5.75 Å². The van der Waals surface area contributed by atoms with Gasteiger partial charge < -0.3 is 19.9 Å². The molecule has 0 bridgehead atoms. The van der Waals surface area contributed by atoms with Crippen LogP contribution in [0.15, 0.2) is 42.5 Å². The van der Waals surface area contributed by atoms with Gasteiger partial charge in [-0.2, -0.15) is 0 Å². The maximum atomic E-state index is 12.7. The van der Waals surface area contributed by atoms with Crippen LogP contribution in [0.4, 0.5) is 11.4 Å². The van der Waals surface area contributed by atoms with Crippen molar-refractivity contribution in [3.63, 3.8) is 0 Å². The maximum absolute atomic E-state index is 12.7. The van der Waals surface area contributed by atoms with Gasteiger partial charge in [0.1, 0.15) is 5.75 Å². The van der Waals surface area contributed by atoms with Gasteiger partial charge in [0.2, 0.25) is 5.91 Å². The molecule has 3 aromatic rings. The molecule has 0 spiro atoms. The molecule has 29 heavy (non-hydrogen) atoms. The number of aryl methyl sites for hydroxylation is 1. The largest absolute Gasteiger partial charge is 0.497 e. The number of ether oxygens (including phenoxy) is 1. The summed E-state index contributed by atoms with van der Waals surface area (Å²) in [6, 6.07) is 14.1. The Morgan fingerprint density at radius 2 is 1.90 bits per heavy atom. The number of carbonyl (C=O) groups is 1. The van der Waals surface area contributed by atoms with E-state index in [2.05, 4.69) is 34.3 Å². The third-order valence-electron chi connectivity index (χ3n) is 5.96. The lowest BCUT2D eigenvalue weighted by atomic mass is 9.99. The fraction of sp³-hybridized carbons (Fsp3) is 0.375. The number of methoxy groups -OCH3 is 1. The Bertz CT molecular complexity index is 999. The predicted molar refractivity (Wildman–Crippen MR) is 119 cm³/mol. The summed E-state index contributed by atoms with van der Waals surface area (Å²) in [6.45, 7) is 6.54. The molecular formula is C24H29N3O2. The lowest BCUT2D eigenvalue weighted by molar-refractivity contribution is -0.115. The van der Waals surface area contributed by atoms with E-state index in [1.165, 1.54) is 18.5 Å². The second kappa shape index (κ2) is 8.19. The van der Waals surface area contributed by atoms with Gasteiger partial charge in [-0.05, 0) is 73.7 Å². The SMILES string of the molecule is COc1ccc2[nH]c(C)c(CC(=O)Nc3ccc(N4CCC(C)CC4)cc3)c2c1. The van der Waals surface area contributed by atoms with Crippen molar-refractivity contribution in [2.75, 3.05) is 30.4 Å². The van der Waals surface area contributed by atoms with E-state index in [1.54, 1.807) is 7.11 Å². The molecule has 2 aromatic carbocycles. The van der Waals surface area contributed by atoms with Crippen molar-refractivity contribution in [1.29, 1.82) is 0 Å². The average molecular weight is 392 g/mol. The second-order valence-corrected chi connectivity index (χ2v) is 8.08. The fourth-order valence-corrected chi connectivity index (χ4v) is 4.10. The molecule has 0 aliphatic carbocycles. The molecule has 5 heteroatoms. The first kappa shape index (κ1) is 19.4. The first-order chi connectivity index (χ1) is 14.0. The van der Waals surface area contributed by atoms with E-state index in [0.717, 1.165) is 52.6 Å². The van der Waals surface area contributed by atoms with Crippen molar-refractivity contribution in [3.8, 4) is 5.75 Å². The number of rotatable bonds is 5. The number of nitrogens with zero attached hydrogens (tertiary/aromatic N) is 1. The molecule has 4 rings (SSSR count). The van der Waals surface area contributed by atoms with E-state index in [4.69, 9.17) is 4.74 Å². The number of amides is 1. The van der Waals surface area contributed by atoms with Crippen molar-refractivity contribution in [1.82, 2.24) is 4.98 Å². The molecule has 0 radical (unpaired) electrons. The summed E-state index contributed by atoms with van der Waals surface area (Å²) >= 11 is 0. The van der Waals surface area contributed by atoms with Crippen LogP contribution in [-0.4, -0.2) is 31.1 Å². The van der Waals surface area contributed by atoms with Gasteiger partial charge in [0, 0.05) is 41.1 Å². The fourth-order valence-electron chi connectivity index (χ4n) is 4.10. The number of H-pyrrole nitrogens is 1. The first-order valence-corrected chi connectivity index (χ1v) is 10.3. The zero-order valence-electron chi connectivity index (χ0n) is 17.4. The molecule has 1 aliphatic heterocycles. The third-order valence-corrected chi connectivity index (χ3v) is 5.96. The molecule has 2 N–H and O–H groups in total. The molecule has 0 unspecified atom stereocenters. The van der Waals surface area contributed by atoms with Crippen LogP contribution < -0.4 is 15.0 Å². The highest BCUT2D eigenvalue weighted by Gasteiger charge is 2.16. The highest BCUT2D eigenvalue weighted by atomic mass is 16.5. The quantitative estimate of drug-likeness (QED) is 0.650. The summed E-state index contributed by atoms with van der Waals surface area (Å²) in [7, 11) is 1.65. The number of carbonyl (C=O) groups excluding carboxylic acids is 1. The molecule has 2 heterocycles. The number of nitrogens with one attached hydrogen (secondary N) is 2. The number of piperidine rings is 1. The highest BCUT2D eigenvalue weighted by molar-refractivity contribution is 5.96. The lowest BCUT2D eigenvalue weighted by Crippen LogP contribution is -2.32. The molecule has 0 saturated carbocycles. The minimum absolute atomic E-state index is 0.0173. The summed E-state index contributed by atoms with van der Waals surface area (Å²) in [6.07, 6.45) is 2.81. The van der Waals surface area contributed by atoms with Crippen molar-refractivity contribution in [3.05, 3.63) is 53.7 Å². The molecule has 1 fully saturated rings. The monoisotopic (exact) mass is 391 g/mol. The molecule has 5 nitrogen and oxygen atoms in total. The smallest absolute Gasteiger partial charge is 0.228 e. The number of benzene rings is 2. The standard InChI is InChI=1S/C24H29N3O2/c1-16-10-12-27(13-11-16)19-6-4-18(5-7-19)26-24(28)15-21-17(2)25-23-9-8-20(29-3)14-22(21)23/h4-9,14,16,25H,10-13,15H2,1-3H3,(H,26,28). The number of aromatic amines is 1. The van der Waals surface area contributed by atoms with Gasteiger partial charge in [-0.15, -0.1) is 0 Å². The Hall–Kier alpha value is -2.95. The molecule has 1 aromatic heterocycles. The lowest BCUT2D eigenvalue weighted by Gasteiger charge is -2.32. The minimum Gasteiger partial charge on any atom is -0.497 e. The zero-order chi connectivity index (χ0) is 20.4. The van der Waals surface area contributed by atoms with Crippen LogP contribution in [0, 0.1) is 12.8 Å². The summed E-state index contributed by atoms with van der Waals surface area (Å²) in [5.74, 6) is 1.59. The van der Waals surface area contributed by atoms with E-state index >= 15 is 0 Å². The number of anilines is 2. The van der Waals surface area contributed by atoms with Crippen LogP contribution in [0.3, 0.4) is 0 Å². The van der Waals surface area contributed by atoms with Gasteiger partial charge >= 0.3 is 0 Å². The van der Waals surface area contributed by atoms with Crippen molar-refractivity contribution in [2.45, 2.75) is 33.1 Å². The Morgan fingerprint density at radius 3 is 2.59 bits per heavy atom. The van der Waals surface area contributed by atoms with Crippen LogP contribution in [0.2, 0.25) is 0 Å². The van der Waals surface area contributed by atoms with E-state index < -0.39 is 0 Å². The summed E-state index contributed by atoms with van der Waals surface area (Å²) < 4.78 is 5.34. The van der Waals surface area contributed by atoms with Crippen LogP contribution in [-0.2, 0) is 11.2 Å². The van der Waals surface area contributed by atoms with E-state index in [9.17, 15) is 4.79 Å². The van der Waals surface area contributed by atoms with Crippen molar-refractivity contribution >= 4 is 28.2 Å². The van der Waals surface area contributed by atoms with E-state index in [-0.39, 0.29) is 5.91 Å². The molecule has 1 amide bonds. The van der Waals surface area contributed by atoms with Gasteiger partial charge in [0.25, 0.3) is 0 Å². The topological polar surface area (TPSA) is 57.4 Å². The molecule has 152 valence electrons. The van der Waals surface area contributed by atoms with Crippen molar-refractivity contribution in [2.24, 2.45) is 5.92 Å². The Kier molecular flexibility index (Phi) is 5.47. The second-order valence-electron chi connectivity index (χ2n) is 8.08. The summed E-state index contributed by atoms with van der Waals surface area (Å²) in [5.41, 5.74) is 5.11. The molecular weight excluding hydrogens is 362 g/mol. The normalized spacial score (nSPS) is 14.9. The van der Waals surface area contributed by atoms with Crippen LogP contribution in [0.25, 0.3) is 10.9 Å². The molecule has 0 atom stereocenters. The van der Waals surface area contributed by atoms with Crippen LogP contribution in [0.1, 0.15) is 31.0 Å². The third kappa shape index (κ3) is 4.24.